The van der Waals surface area contributed by atoms with E-state index < -0.39 is 12.0 Å². The zero-order valence-electron chi connectivity index (χ0n) is 6.67. The van der Waals surface area contributed by atoms with Gasteiger partial charge in [-0.05, 0) is 0 Å². The van der Waals surface area contributed by atoms with E-state index in [1.807, 2.05) is 0 Å². The summed E-state index contributed by atoms with van der Waals surface area (Å²) in [6, 6.07) is -0.661. The first kappa shape index (κ1) is 8.66. The number of hydrogen-bond acceptors (Lipinski definition) is 5. The van der Waals surface area contributed by atoms with Crippen LogP contribution < -0.4 is 5.73 Å². The van der Waals surface area contributed by atoms with Crippen LogP contribution in [0, 0.1) is 0 Å². The van der Waals surface area contributed by atoms with Gasteiger partial charge in [-0.1, -0.05) is 0 Å². The summed E-state index contributed by atoms with van der Waals surface area (Å²) in [4.78, 5) is 10.8. The fourth-order valence-corrected chi connectivity index (χ4v) is 0.769. The molecular weight excluding hydrogens is 160 g/mol. The van der Waals surface area contributed by atoms with E-state index in [2.05, 4.69) is 14.9 Å². The summed E-state index contributed by atoms with van der Waals surface area (Å²) < 4.78 is 6.06. The molecule has 0 aromatic carbocycles. The second-order valence-electron chi connectivity index (χ2n) is 2.29. The minimum atomic E-state index is -0.661. The maximum absolute atomic E-state index is 10.8. The first-order valence-electron chi connectivity index (χ1n) is 3.40. The van der Waals surface area contributed by atoms with Crippen LogP contribution in [0.25, 0.3) is 0 Å². The molecule has 0 aliphatic heterocycles. The third-order valence-electron chi connectivity index (χ3n) is 1.38. The second-order valence-corrected chi connectivity index (χ2v) is 2.29. The first-order valence-corrected chi connectivity index (χ1v) is 3.40. The zero-order valence-corrected chi connectivity index (χ0v) is 6.67. The summed E-state index contributed by atoms with van der Waals surface area (Å²) >= 11 is 0. The smallest absolute Gasteiger partial charge is 0.324 e. The molecule has 0 saturated heterocycles. The monoisotopic (exact) mass is 170 g/mol. The van der Waals surface area contributed by atoms with E-state index in [9.17, 15) is 4.79 Å². The van der Waals surface area contributed by atoms with E-state index in [1.165, 1.54) is 19.8 Å². The molecule has 2 N–H and O–H groups in total. The third kappa shape index (κ3) is 2.03. The lowest BCUT2D eigenvalue weighted by atomic mass is 10.3. The number of nitrogens with two attached hydrogens (primary N) is 1. The normalized spacial score (nSPS) is 12.5. The van der Waals surface area contributed by atoms with Crippen LogP contribution in [0.15, 0.2) is 12.7 Å². The Labute approximate surface area is 69.3 Å². The van der Waals surface area contributed by atoms with Gasteiger partial charge in [-0.15, -0.1) is 10.2 Å². The van der Waals surface area contributed by atoms with E-state index in [-0.39, 0.29) is 0 Å². The van der Waals surface area contributed by atoms with Crippen molar-refractivity contribution < 1.29 is 9.53 Å². The van der Waals surface area contributed by atoms with Gasteiger partial charge in [-0.25, -0.2) is 0 Å². The summed E-state index contributed by atoms with van der Waals surface area (Å²) in [6.45, 7) is 0.333. The highest BCUT2D eigenvalue weighted by atomic mass is 16.5. The molecule has 0 bridgehead atoms. The van der Waals surface area contributed by atoms with Crippen LogP contribution in [-0.2, 0) is 16.1 Å². The van der Waals surface area contributed by atoms with Crippen LogP contribution in [0.2, 0.25) is 0 Å². The molecule has 12 heavy (non-hydrogen) atoms. The van der Waals surface area contributed by atoms with Crippen molar-refractivity contribution in [1.82, 2.24) is 14.8 Å². The molecule has 0 aliphatic carbocycles. The topological polar surface area (TPSA) is 83.0 Å². The van der Waals surface area contributed by atoms with Crippen molar-refractivity contribution >= 4 is 5.97 Å². The van der Waals surface area contributed by atoms with Crippen molar-refractivity contribution in [1.29, 1.82) is 0 Å². The number of esters is 1. The fraction of sp³-hybridized carbons (Fsp3) is 0.500. The highest BCUT2D eigenvalue weighted by Crippen LogP contribution is 1.89. The van der Waals surface area contributed by atoms with Crippen LogP contribution in [0.3, 0.4) is 0 Å². The standard InChI is InChI=1S/C6H10N4O2/c1-12-6(11)5(7)2-10-3-8-9-4-10/h3-5H,2,7H2,1H3. The van der Waals surface area contributed by atoms with E-state index in [4.69, 9.17) is 5.73 Å². The van der Waals surface area contributed by atoms with Gasteiger partial charge in [0.25, 0.3) is 0 Å². The fourth-order valence-electron chi connectivity index (χ4n) is 0.769. The van der Waals surface area contributed by atoms with Gasteiger partial charge in [-0.2, -0.15) is 0 Å². The second kappa shape index (κ2) is 3.82. The Morgan fingerprint density at radius 3 is 2.75 bits per heavy atom. The van der Waals surface area contributed by atoms with Gasteiger partial charge in [0, 0.05) is 0 Å². The molecule has 0 radical (unpaired) electrons. The summed E-state index contributed by atoms with van der Waals surface area (Å²) in [7, 11) is 1.30. The minimum Gasteiger partial charge on any atom is -0.468 e. The molecule has 1 unspecified atom stereocenters. The molecule has 1 aromatic rings. The molecule has 1 heterocycles. The Morgan fingerprint density at radius 2 is 2.25 bits per heavy atom. The van der Waals surface area contributed by atoms with Crippen LogP contribution >= 0.6 is 0 Å². The predicted molar refractivity (Wildman–Crippen MR) is 40.0 cm³/mol. The maximum Gasteiger partial charge on any atom is 0.324 e. The number of hydrogen-bond donors (Lipinski definition) is 1. The number of aromatic nitrogens is 3. The predicted octanol–water partition coefficient (Wildman–Crippen LogP) is -1.22. The highest BCUT2D eigenvalue weighted by molar-refractivity contribution is 5.75. The van der Waals surface area contributed by atoms with Gasteiger partial charge in [0.15, 0.2) is 0 Å². The Hall–Kier alpha value is -1.43. The summed E-state index contributed by atoms with van der Waals surface area (Å²) in [6.07, 6.45) is 2.98. The quantitative estimate of drug-likeness (QED) is 0.575. The molecule has 1 aromatic heterocycles. The summed E-state index contributed by atoms with van der Waals surface area (Å²) in [5.41, 5.74) is 5.47. The maximum atomic E-state index is 10.8. The summed E-state index contributed by atoms with van der Waals surface area (Å²) in [5, 5.41) is 7.13. The Balaban J connectivity index is 2.47. The van der Waals surface area contributed by atoms with Gasteiger partial charge < -0.3 is 15.0 Å². The molecule has 0 spiro atoms. The Morgan fingerprint density at radius 1 is 1.67 bits per heavy atom. The van der Waals surface area contributed by atoms with Crippen LogP contribution in [0.4, 0.5) is 0 Å². The van der Waals surface area contributed by atoms with Crippen molar-refractivity contribution in [3.8, 4) is 0 Å². The van der Waals surface area contributed by atoms with E-state index >= 15 is 0 Å². The number of ether oxygens (including phenoxy) is 1. The third-order valence-corrected chi connectivity index (χ3v) is 1.38. The van der Waals surface area contributed by atoms with Gasteiger partial charge in [0.2, 0.25) is 0 Å². The molecule has 6 heteroatoms. The average molecular weight is 170 g/mol. The van der Waals surface area contributed by atoms with Crippen molar-refractivity contribution in [2.75, 3.05) is 7.11 Å². The summed E-state index contributed by atoms with van der Waals surface area (Å²) in [5.74, 6) is -0.441. The molecule has 0 aliphatic rings. The van der Waals surface area contributed by atoms with Crippen molar-refractivity contribution in [3.05, 3.63) is 12.7 Å². The van der Waals surface area contributed by atoms with Gasteiger partial charge >= 0.3 is 5.97 Å². The van der Waals surface area contributed by atoms with Crippen molar-refractivity contribution in [3.63, 3.8) is 0 Å². The largest absolute Gasteiger partial charge is 0.468 e. The molecule has 1 atom stereocenters. The lowest BCUT2D eigenvalue weighted by Crippen LogP contribution is -2.35. The number of rotatable bonds is 3. The molecule has 0 amide bonds. The van der Waals surface area contributed by atoms with Crippen LogP contribution in [0.5, 0.6) is 0 Å². The van der Waals surface area contributed by atoms with Crippen LogP contribution in [-0.4, -0.2) is 33.9 Å². The lowest BCUT2D eigenvalue weighted by molar-refractivity contribution is -0.142. The molecule has 1 rings (SSSR count). The lowest BCUT2D eigenvalue weighted by Gasteiger charge is -2.08. The Bertz CT molecular complexity index is 246. The van der Waals surface area contributed by atoms with Gasteiger partial charge in [0.1, 0.15) is 18.7 Å². The van der Waals surface area contributed by atoms with Crippen molar-refractivity contribution in [2.45, 2.75) is 12.6 Å². The zero-order chi connectivity index (χ0) is 8.97. The number of carbonyl (C=O) groups is 1. The molecule has 6 nitrogen and oxygen atoms in total. The average Bonchev–Trinajstić information content (AvgIpc) is 2.55. The Kier molecular flexibility index (Phi) is 2.76. The van der Waals surface area contributed by atoms with Gasteiger partial charge in [0.05, 0.1) is 13.7 Å². The SMILES string of the molecule is COC(=O)C(N)Cn1cnnc1. The molecule has 0 fully saturated rings. The molecular formula is C6H10N4O2. The molecule has 0 saturated carbocycles. The number of nitrogens with zero attached hydrogens (tertiary/aromatic N) is 3. The van der Waals surface area contributed by atoms with Crippen molar-refractivity contribution in [2.24, 2.45) is 5.73 Å². The number of methoxy groups -OCH3 is 1. The molecule has 66 valence electrons. The number of carbonyl (C=O) groups excluding carboxylic acids is 1. The van der Waals surface area contributed by atoms with E-state index in [1.54, 1.807) is 4.57 Å². The van der Waals surface area contributed by atoms with E-state index in [0.717, 1.165) is 0 Å². The minimum absolute atomic E-state index is 0.333. The van der Waals surface area contributed by atoms with Gasteiger partial charge in [-0.3, -0.25) is 4.79 Å². The highest BCUT2D eigenvalue weighted by Gasteiger charge is 2.13. The van der Waals surface area contributed by atoms with E-state index in [0.29, 0.717) is 6.54 Å². The van der Waals surface area contributed by atoms with Crippen LogP contribution in [0.1, 0.15) is 0 Å². The first-order chi connectivity index (χ1) is 5.74.